The summed E-state index contributed by atoms with van der Waals surface area (Å²) in [4.78, 5) is 17.4. The molecule has 1 N–H and O–H groups in total. The Hall–Kier alpha value is -2.66. The van der Waals surface area contributed by atoms with Crippen molar-refractivity contribution in [2.75, 3.05) is 11.1 Å². The normalized spacial score (nSPS) is 20.3. The lowest BCUT2D eigenvalue weighted by molar-refractivity contribution is -0.113. The minimum Gasteiger partial charge on any atom is -0.483 e. The number of thiazole rings is 1. The molecule has 2 aromatic carbocycles. The molecule has 0 radical (unpaired) electrons. The molecule has 0 saturated heterocycles. The van der Waals surface area contributed by atoms with Gasteiger partial charge in [0.25, 0.3) is 0 Å². The van der Waals surface area contributed by atoms with Crippen LogP contribution in [0, 0.1) is 23.6 Å². The SMILES string of the molecule is C[C@@H]([C@H]1C[C@@H]2CC[C@@H]1C2)n1c(COc2ccccc2F)nnc1SCC(=O)Nc1nc(-c2ccc(Cl)c(Cl)c2)cs1. The Morgan fingerprint density at radius 3 is 2.80 bits per heavy atom. The van der Waals surface area contributed by atoms with E-state index >= 15 is 0 Å². The van der Waals surface area contributed by atoms with Crippen LogP contribution >= 0.6 is 46.3 Å². The summed E-state index contributed by atoms with van der Waals surface area (Å²) in [5.74, 6) is 2.30. The van der Waals surface area contributed by atoms with Crippen molar-refractivity contribution >= 4 is 57.3 Å². The number of nitrogens with one attached hydrogen (secondary N) is 1. The first-order chi connectivity index (χ1) is 19.9. The average molecular weight is 633 g/mol. The van der Waals surface area contributed by atoms with Crippen LogP contribution in [0.2, 0.25) is 10.0 Å². The zero-order chi connectivity index (χ0) is 28.5. The number of hydrogen-bond donors (Lipinski definition) is 1. The summed E-state index contributed by atoms with van der Waals surface area (Å²) in [6, 6.07) is 11.8. The lowest BCUT2D eigenvalue weighted by atomic mass is 9.84. The van der Waals surface area contributed by atoms with Crippen LogP contribution in [-0.2, 0) is 11.4 Å². The highest BCUT2D eigenvalue weighted by Crippen LogP contribution is 2.52. The van der Waals surface area contributed by atoms with Crippen molar-refractivity contribution < 1.29 is 13.9 Å². The maximum atomic E-state index is 14.2. The van der Waals surface area contributed by atoms with Crippen molar-refractivity contribution in [3.05, 3.63) is 69.5 Å². The predicted molar refractivity (Wildman–Crippen MR) is 161 cm³/mol. The second kappa shape index (κ2) is 12.3. The topological polar surface area (TPSA) is 81.9 Å². The van der Waals surface area contributed by atoms with Crippen molar-refractivity contribution in [1.82, 2.24) is 19.7 Å². The number of rotatable bonds is 10. The maximum Gasteiger partial charge on any atom is 0.236 e. The fraction of sp³-hybridized carbons (Fsp3) is 0.379. The first kappa shape index (κ1) is 28.5. The summed E-state index contributed by atoms with van der Waals surface area (Å²) in [5.41, 5.74) is 1.52. The van der Waals surface area contributed by atoms with Crippen molar-refractivity contribution in [2.45, 2.75) is 50.4 Å². The molecule has 2 aliphatic rings. The molecule has 1 amide bonds. The average Bonchev–Trinajstić information content (AvgIpc) is 3.77. The lowest BCUT2D eigenvalue weighted by Crippen LogP contribution is -2.25. The van der Waals surface area contributed by atoms with Gasteiger partial charge in [-0.3, -0.25) is 9.36 Å². The summed E-state index contributed by atoms with van der Waals surface area (Å²) in [6.45, 7) is 2.29. The summed E-state index contributed by atoms with van der Waals surface area (Å²) in [5, 5.41) is 15.6. The number of thioether (sulfide) groups is 1. The van der Waals surface area contributed by atoms with Crippen molar-refractivity contribution in [3.63, 3.8) is 0 Å². The molecular formula is C29H28Cl2FN5O2S2. The molecule has 0 spiro atoms. The number of ether oxygens (including phenoxy) is 1. The van der Waals surface area contributed by atoms with E-state index < -0.39 is 5.82 Å². The monoisotopic (exact) mass is 631 g/mol. The van der Waals surface area contributed by atoms with Crippen LogP contribution in [0.1, 0.15) is 44.5 Å². The van der Waals surface area contributed by atoms with Gasteiger partial charge in [0.05, 0.1) is 21.5 Å². The van der Waals surface area contributed by atoms with Gasteiger partial charge >= 0.3 is 0 Å². The minimum absolute atomic E-state index is 0.0858. The van der Waals surface area contributed by atoms with Crippen LogP contribution in [0.5, 0.6) is 5.75 Å². The third-order valence-electron chi connectivity index (χ3n) is 8.05. The third kappa shape index (κ3) is 6.26. The van der Waals surface area contributed by atoms with Gasteiger partial charge in [0.15, 0.2) is 27.7 Å². The molecule has 2 bridgehead atoms. The van der Waals surface area contributed by atoms with Crippen molar-refractivity contribution in [2.24, 2.45) is 17.8 Å². The Balaban J connectivity index is 1.15. The van der Waals surface area contributed by atoms with Gasteiger partial charge in [-0.2, -0.15) is 0 Å². The smallest absolute Gasteiger partial charge is 0.236 e. The van der Waals surface area contributed by atoms with Crippen molar-refractivity contribution in [1.29, 1.82) is 0 Å². The Morgan fingerprint density at radius 1 is 1.20 bits per heavy atom. The molecule has 4 aromatic rings. The fourth-order valence-corrected chi connectivity index (χ4v) is 7.97. The number of benzene rings is 2. The van der Waals surface area contributed by atoms with E-state index in [0.717, 1.165) is 11.5 Å². The highest BCUT2D eigenvalue weighted by Gasteiger charge is 2.43. The van der Waals surface area contributed by atoms with Gasteiger partial charge in [-0.15, -0.1) is 21.5 Å². The number of amides is 1. The number of carbonyl (C=O) groups excluding carboxylic acids is 1. The number of hydrogen-bond acceptors (Lipinski definition) is 7. The third-order valence-corrected chi connectivity index (χ3v) is 10.5. The summed E-state index contributed by atoms with van der Waals surface area (Å²) in [7, 11) is 0. The van der Waals surface area contributed by atoms with Gasteiger partial charge in [-0.1, -0.05) is 59.6 Å². The number of para-hydroxylation sites is 1. The van der Waals surface area contributed by atoms with E-state index in [-0.39, 0.29) is 30.1 Å². The van der Waals surface area contributed by atoms with Gasteiger partial charge < -0.3 is 10.1 Å². The minimum atomic E-state index is -0.421. The highest BCUT2D eigenvalue weighted by atomic mass is 35.5. The Kier molecular flexibility index (Phi) is 8.53. The van der Waals surface area contributed by atoms with Crippen molar-refractivity contribution in [3.8, 4) is 17.0 Å². The molecule has 7 nitrogen and oxygen atoms in total. The maximum absolute atomic E-state index is 14.2. The molecule has 0 aliphatic heterocycles. The first-order valence-electron chi connectivity index (χ1n) is 13.5. The molecular weight excluding hydrogens is 604 g/mol. The number of fused-ring (bicyclic) bond motifs is 2. The molecule has 2 aromatic heterocycles. The zero-order valence-corrected chi connectivity index (χ0v) is 25.4. The first-order valence-corrected chi connectivity index (χ1v) is 16.1. The summed E-state index contributed by atoms with van der Waals surface area (Å²) >= 11 is 14.8. The Labute approximate surface area is 255 Å². The summed E-state index contributed by atoms with van der Waals surface area (Å²) < 4.78 is 22.1. The van der Waals surface area contributed by atoms with Crippen LogP contribution in [0.25, 0.3) is 11.3 Å². The molecule has 2 saturated carbocycles. The number of anilines is 1. The van der Waals surface area contributed by atoms with Crippen LogP contribution in [-0.4, -0.2) is 31.4 Å². The van der Waals surface area contributed by atoms with Gasteiger partial charge in [-0.25, -0.2) is 9.37 Å². The number of aromatic nitrogens is 4. The second-order valence-corrected chi connectivity index (χ2v) is 13.2. The van der Waals surface area contributed by atoms with E-state index in [2.05, 4.69) is 32.0 Å². The van der Waals surface area contributed by atoms with E-state index in [1.165, 1.54) is 54.8 Å². The van der Waals surface area contributed by atoms with Crippen LogP contribution in [0.4, 0.5) is 9.52 Å². The van der Waals surface area contributed by atoms with E-state index in [0.29, 0.717) is 43.7 Å². The number of halogens is 3. The van der Waals surface area contributed by atoms with Gasteiger partial charge in [0.2, 0.25) is 5.91 Å². The molecule has 2 heterocycles. The zero-order valence-electron chi connectivity index (χ0n) is 22.2. The molecule has 41 heavy (non-hydrogen) atoms. The molecule has 2 aliphatic carbocycles. The highest BCUT2D eigenvalue weighted by molar-refractivity contribution is 7.99. The van der Waals surface area contributed by atoms with Gasteiger partial charge in [-0.05, 0) is 68.2 Å². The molecule has 2 fully saturated rings. The van der Waals surface area contributed by atoms with Gasteiger partial charge in [0.1, 0.15) is 6.61 Å². The summed E-state index contributed by atoms with van der Waals surface area (Å²) in [6.07, 6.45) is 5.03. The molecule has 12 heteroatoms. The van der Waals surface area contributed by atoms with E-state index in [1.54, 1.807) is 30.3 Å². The lowest BCUT2D eigenvalue weighted by Gasteiger charge is -2.30. The number of nitrogens with zero attached hydrogens (tertiary/aromatic N) is 4. The molecule has 4 atom stereocenters. The van der Waals surface area contributed by atoms with Crippen LogP contribution < -0.4 is 10.1 Å². The number of carbonyl (C=O) groups is 1. The molecule has 0 unspecified atom stereocenters. The molecule has 214 valence electrons. The molecule has 6 rings (SSSR count). The van der Waals surface area contributed by atoms with E-state index in [1.807, 2.05) is 11.4 Å². The van der Waals surface area contributed by atoms with Crippen LogP contribution in [0.3, 0.4) is 0 Å². The largest absolute Gasteiger partial charge is 0.483 e. The van der Waals surface area contributed by atoms with Gasteiger partial charge in [0, 0.05) is 17.0 Å². The Bertz CT molecular complexity index is 1560. The standard InChI is InChI=1S/C29H28Cl2FN5O2S2/c1-16(20-11-17-6-7-18(20)10-17)37-26(13-39-25-5-3-2-4-23(25)32)35-36-29(37)41-15-27(38)34-28-33-24(14-40-28)19-8-9-21(30)22(31)12-19/h2-5,8-9,12,14,16-18,20H,6-7,10-11,13,15H2,1H3,(H,33,34,38)/t16-,17+,18+,20+/m0/s1. The quantitative estimate of drug-likeness (QED) is 0.178. The Morgan fingerprint density at radius 2 is 2.05 bits per heavy atom. The van der Waals surface area contributed by atoms with Crippen LogP contribution in [0.15, 0.2) is 53.0 Å². The fourth-order valence-electron chi connectivity index (χ4n) is 6.10. The van der Waals surface area contributed by atoms with E-state index in [9.17, 15) is 9.18 Å². The second-order valence-electron chi connectivity index (χ2n) is 10.6. The van der Waals surface area contributed by atoms with E-state index in [4.69, 9.17) is 27.9 Å². The predicted octanol–water partition coefficient (Wildman–Crippen LogP) is 8.15.